The number of para-hydroxylation sites is 1. The van der Waals surface area contributed by atoms with Crippen molar-refractivity contribution in [1.82, 2.24) is 9.88 Å². The van der Waals surface area contributed by atoms with Crippen LogP contribution in [0.1, 0.15) is 49.0 Å². The first kappa shape index (κ1) is 22.1. The number of benzene rings is 2. The van der Waals surface area contributed by atoms with Gasteiger partial charge < -0.3 is 9.88 Å². The molecule has 168 valence electrons. The minimum Gasteiger partial charge on any atom is -0.356 e. The lowest BCUT2D eigenvalue weighted by atomic mass is 9.85. The summed E-state index contributed by atoms with van der Waals surface area (Å²) in [4.78, 5) is 17.8. The van der Waals surface area contributed by atoms with Crippen molar-refractivity contribution >= 4 is 16.8 Å². The van der Waals surface area contributed by atoms with Crippen molar-refractivity contribution in [3.8, 4) is 0 Å². The number of fused-ring (bicyclic) bond motifs is 3. The van der Waals surface area contributed by atoms with E-state index in [4.69, 9.17) is 0 Å². The van der Waals surface area contributed by atoms with Gasteiger partial charge in [0.15, 0.2) is 0 Å². The lowest BCUT2D eigenvalue weighted by Gasteiger charge is -2.43. The molecule has 0 fully saturated rings. The average molecular weight is 444 g/mol. The highest BCUT2D eigenvalue weighted by atomic mass is 19.4. The molecule has 3 aromatic rings. The second-order valence-corrected chi connectivity index (χ2v) is 8.21. The molecule has 0 unspecified atom stereocenters. The Kier molecular flexibility index (Phi) is 5.84. The number of alkyl halides is 3. The molecule has 2 atom stereocenters. The molecule has 0 saturated heterocycles. The van der Waals surface area contributed by atoms with Gasteiger partial charge in [0.25, 0.3) is 5.91 Å². The zero-order valence-electron chi connectivity index (χ0n) is 17.7. The third-order valence-corrected chi connectivity index (χ3v) is 6.14. The summed E-state index contributed by atoms with van der Waals surface area (Å²) in [7, 11) is 0. The van der Waals surface area contributed by atoms with E-state index in [1.807, 2.05) is 31.2 Å². The van der Waals surface area contributed by atoms with Gasteiger partial charge in [0.05, 0.1) is 6.04 Å². The zero-order valence-corrected chi connectivity index (χ0v) is 17.7. The number of hydrogen-bond acceptors (Lipinski definition) is 1. The first-order valence-electron chi connectivity index (χ1n) is 10.7. The highest BCUT2D eigenvalue weighted by Crippen LogP contribution is 2.43. The number of aromatic nitrogens is 1. The number of nitrogens with zero attached hydrogens (tertiary/aromatic N) is 1. The van der Waals surface area contributed by atoms with Crippen LogP contribution in [-0.2, 0) is 11.2 Å². The lowest BCUT2D eigenvalue weighted by Crippen LogP contribution is -2.49. The van der Waals surface area contributed by atoms with Crippen LogP contribution in [0.3, 0.4) is 0 Å². The molecule has 0 spiro atoms. The smallest absolute Gasteiger partial charge is 0.356 e. The fraction of sp³-hybridized carbons (Fsp3) is 0.320. The molecule has 0 radical (unpaired) electrons. The molecular formula is C25H24F4N2O. The number of unbranched alkanes of at least 4 members (excludes halogenated alkanes) is 1. The van der Waals surface area contributed by atoms with Crippen LogP contribution >= 0.6 is 0 Å². The summed E-state index contributed by atoms with van der Waals surface area (Å²) < 4.78 is 54.1. The number of nitrogens with one attached hydrogen (secondary N) is 1. The van der Waals surface area contributed by atoms with Crippen LogP contribution in [0.4, 0.5) is 17.6 Å². The van der Waals surface area contributed by atoms with Gasteiger partial charge in [0, 0.05) is 22.6 Å². The van der Waals surface area contributed by atoms with Crippen molar-refractivity contribution in [2.45, 2.75) is 50.9 Å². The van der Waals surface area contributed by atoms with Crippen LogP contribution in [-0.4, -0.2) is 28.0 Å². The summed E-state index contributed by atoms with van der Waals surface area (Å²) in [6, 6.07) is 12.0. The van der Waals surface area contributed by atoms with Gasteiger partial charge in [0.2, 0.25) is 0 Å². The van der Waals surface area contributed by atoms with E-state index in [2.05, 4.69) is 11.6 Å². The molecule has 1 aromatic heterocycles. The molecule has 32 heavy (non-hydrogen) atoms. The molecule has 2 aromatic carbocycles. The number of rotatable bonds is 5. The second kappa shape index (κ2) is 8.45. The Bertz CT molecular complexity index is 1150. The maximum absolute atomic E-state index is 13.6. The highest BCUT2D eigenvalue weighted by Gasteiger charge is 2.46. The van der Waals surface area contributed by atoms with Crippen LogP contribution in [0.25, 0.3) is 10.9 Å². The van der Waals surface area contributed by atoms with Crippen LogP contribution < -0.4 is 0 Å². The molecule has 3 nitrogen and oxygen atoms in total. The van der Waals surface area contributed by atoms with Gasteiger partial charge in [-0.15, -0.1) is 0 Å². The molecule has 0 saturated carbocycles. The molecule has 1 amide bonds. The molecule has 1 aliphatic rings. The van der Waals surface area contributed by atoms with Crippen molar-refractivity contribution < 1.29 is 22.4 Å². The predicted molar refractivity (Wildman–Crippen MR) is 116 cm³/mol. The summed E-state index contributed by atoms with van der Waals surface area (Å²) in [5, 5.41) is 0.984. The highest BCUT2D eigenvalue weighted by molar-refractivity contribution is 5.96. The first-order valence-corrected chi connectivity index (χ1v) is 10.7. The Morgan fingerprint density at radius 3 is 2.50 bits per heavy atom. The number of amides is 1. The van der Waals surface area contributed by atoms with Crippen LogP contribution in [0.2, 0.25) is 0 Å². The number of H-pyrrole nitrogens is 1. The van der Waals surface area contributed by atoms with Gasteiger partial charge in [-0.05, 0) is 42.2 Å². The molecule has 0 bridgehead atoms. The van der Waals surface area contributed by atoms with Crippen LogP contribution in [0, 0.1) is 5.82 Å². The third kappa shape index (κ3) is 3.92. The number of carbonyl (C=O) groups excluding carboxylic acids is 1. The van der Waals surface area contributed by atoms with Gasteiger partial charge in [-0.1, -0.05) is 56.7 Å². The van der Waals surface area contributed by atoms with Crippen molar-refractivity contribution in [3.63, 3.8) is 0 Å². The fourth-order valence-corrected chi connectivity index (χ4v) is 4.57. The lowest BCUT2D eigenvalue weighted by molar-refractivity contribution is -0.144. The Morgan fingerprint density at radius 1 is 1.16 bits per heavy atom. The van der Waals surface area contributed by atoms with Crippen LogP contribution in [0.5, 0.6) is 0 Å². The maximum atomic E-state index is 13.6. The summed E-state index contributed by atoms with van der Waals surface area (Å²) >= 11 is 0. The van der Waals surface area contributed by atoms with E-state index in [0.29, 0.717) is 24.1 Å². The Hall–Kier alpha value is -3.09. The number of hydrogen-bond donors (Lipinski definition) is 1. The molecular weight excluding hydrogens is 420 g/mol. The standard InChI is InChI=1S/C25H24F4N2O/c1-3-4-7-18-14-20-19-8-5-6-9-21(19)30-22(20)23(16-10-12-17(26)13-11-16)31(18)24(32)15(2)25(27,28)29/h5-6,8-13,18,23,30H,2-4,7,14H2,1H3/t18-,23-/m0/s1. The number of aromatic amines is 1. The van der Waals surface area contributed by atoms with Gasteiger partial charge in [0.1, 0.15) is 11.4 Å². The molecule has 7 heteroatoms. The average Bonchev–Trinajstić information content (AvgIpc) is 3.14. The van der Waals surface area contributed by atoms with Gasteiger partial charge in [-0.2, -0.15) is 13.2 Å². The minimum absolute atomic E-state index is 0.438. The van der Waals surface area contributed by atoms with E-state index in [9.17, 15) is 22.4 Å². The summed E-state index contributed by atoms with van der Waals surface area (Å²) in [6.07, 6.45) is -2.22. The summed E-state index contributed by atoms with van der Waals surface area (Å²) in [5.41, 5.74) is 1.64. The van der Waals surface area contributed by atoms with Crippen molar-refractivity contribution in [2.75, 3.05) is 0 Å². The topological polar surface area (TPSA) is 36.1 Å². The second-order valence-electron chi connectivity index (χ2n) is 8.21. The zero-order chi connectivity index (χ0) is 23.0. The van der Waals surface area contributed by atoms with E-state index in [0.717, 1.165) is 29.3 Å². The Morgan fingerprint density at radius 2 is 1.84 bits per heavy atom. The van der Waals surface area contributed by atoms with Gasteiger partial charge >= 0.3 is 6.18 Å². The molecule has 1 N–H and O–H groups in total. The Labute approximate surface area is 183 Å². The summed E-state index contributed by atoms with van der Waals surface area (Å²) in [5.74, 6) is -1.60. The quantitative estimate of drug-likeness (QED) is 0.356. The molecule has 4 rings (SSSR count). The third-order valence-electron chi connectivity index (χ3n) is 6.14. The van der Waals surface area contributed by atoms with Crippen molar-refractivity contribution in [3.05, 3.63) is 83.3 Å². The fourth-order valence-electron chi connectivity index (χ4n) is 4.57. The number of carbonyl (C=O) groups is 1. The van der Waals surface area contributed by atoms with Gasteiger partial charge in [-0.25, -0.2) is 4.39 Å². The first-order chi connectivity index (χ1) is 15.2. The van der Waals surface area contributed by atoms with Crippen molar-refractivity contribution in [1.29, 1.82) is 0 Å². The molecule has 1 aliphatic heterocycles. The minimum atomic E-state index is -4.83. The SMILES string of the molecule is C=C(C(=O)N1[C@@H](CCCC)Cc2c([nH]c3ccccc23)[C@@H]1c1ccc(F)cc1)C(F)(F)F. The maximum Gasteiger partial charge on any atom is 0.421 e. The van der Waals surface area contributed by atoms with Crippen LogP contribution in [0.15, 0.2) is 60.7 Å². The van der Waals surface area contributed by atoms with Gasteiger partial charge in [-0.3, -0.25) is 4.79 Å². The van der Waals surface area contributed by atoms with E-state index in [1.54, 1.807) is 0 Å². The molecule has 0 aliphatic carbocycles. The van der Waals surface area contributed by atoms with E-state index >= 15 is 0 Å². The monoisotopic (exact) mass is 444 g/mol. The van der Waals surface area contributed by atoms with E-state index < -0.39 is 35.6 Å². The summed E-state index contributed by atoms with van der Waals surface area (Å²) in [6.45, 7) is 5.07. The normalized spacial score (nSPS) is 18.6. The number of halogens is 4. The largest absolute Gasteiger partial charge is 0.421 e. The molecule has 2 heterocycles. The van der Waals surface area contributed by atoms with E-state index in [1.165, 1.54) is 29.2 Å². The van der Waals surface area contributed by atoms with E-state index in [-0.39, 0.29) is 0 Å². The predicted octanol–water partition coefficient (Wildman–Crippen LogP) is 6.46. The Balaban J connectivity index is 1.92. The van der Waals surface area contributed by atoms with Crippen molar-refractivity contribution in [2.24, 2.45) is 0 Å².